The molecule has 1 aliphatic heterocycles. The van der Waals surface area contributed by atoms with E-state index in [0.29, 0.717) is 0 Å². The summed E-state index contributed by atoms with van der Waals surface area (Å²) in [6.45, 7) is 4.32. The minimum Gasteiger partial charge on any atom is -0.339 e. The molecular formula is C9H19ClN2O3S. The maximum absolute atomic E-state index is 11.8. The maximum atomic E-state index is 11.8. The van der Waals surface area contributed by atoms with Crippen molar-refractivity contribution in [3.05, 3.63) is 0 Å². The molecule has 0 aliphatic carbocycles. The van der Waals surface area contributed by atoms with Crippen molar-refractivity contribution in [2.45, 2.75) is 19.9 Å². The minimum atomic E-state index is -2.93. The molecule has 1 aliphatic rings. The second kappa shape index (κ2) is 5.84. The highest BCUT2D eigenvalue weighted by atomic mass is 35.5. The van der Waals surface area contributed by atoms with Crippen LogP contribution in [0.5, 0.6) is 0 Å². The van der Waals surface area contributed by atoms with E-state index in [1.165, 1.54) is 0 Å². The average molecular weight is 271 g/mol. The number of halogens is 1. The van der Waals surface area contributed by atoms with Gasteiger partial charge in [-0.1, -0.05) is 13.8 Å². The normalized spacial score (nSPS) is 21.4. The third-order valence-corrected chi connectivity index (χ3v) is 4.27. The molecule has 1 saturated heterocycles. The second-order valence-electron chi connectivity index (χ2n) is 4.25. The standard InChI is InChI=1S/C9H18N2O3S.ClH/c1-7(2)8(10)9(12)11-3-5-15(13,14)6-4-11;/h7-8H,3-6,10H2,1-2H3;1H/t8-;/m1./s1. The second-order valence-corrected chi connectivity index (χ2v) is 6.55. The topological polar surface area (TPSA) is 80.5 Å². The third-order valence-electron chi connectivity index (χ3n) is 2.66. The van der Waals surface area contributed by atoms with Crippen LogP contribution in [-0.4, -0.2) is 49.9 Å². The molecule has 0 aromatic rings. The highest BCUT2D eigenvalue weighted by Crippen LogP contribution is 2.08. The van der Waals surface area contributed by atoms with Gasteiger partial charge in [0.1, 0.15) is 0 Å². The predicted octanol–water partition coefficient (Wildman–Crippen LogP) is -0.351. The summed E-state index contributed by atoms with van der Waals surface area (Å²) in [4.78, 5) is 13.3. The molecule has 0 bridgehead atoms. The van der Waals surface area contributed by atoms with Crippen LogP contribution in [-0.2, 0) is 14.6 Å². The SMILES string of the molecule is CC(C)[C@@H](N)C(=O)N1CCS(=O)(=O)CC1.Cl. The Bertz CT molecular complexity index is 329. The highest BCUT2D eigenvalue weighted by molar-refractivity contribution is 7.91. The Balaban J connectivity index is 0.00000225. The lowest BCUT2D eigenvalue weighted by Gasteiger charge is -2.30. The molecule has 1 fully saturated rings. The number of hydrogen-bond acceptors (Lipinski definition) is 4. The Hall–Kier alpha value is -0.330. The van der Waals surface area contributed by atoms with Gasteiger partial charge in [0.05, 0.1) is 17.5 Å². The van der Waals surface area contributed by atoms with Crippen LogP contribution in [0.25, 0.3) is 0 Å². The van der Waals surface area contributed by atoms with E-state index in [9.17, 15) is 13.2 Å². The van der Waals surface area contributed by atoms with Gasteiger partial charge in [-0.2, -0.15) is 0 Å². The van der Waals surface area contributed by atoms with Crippen LogP contribution in [0.2, 0.25) is 0 Å². The van der Waals surface area contributed by atoms with Crippen LogP contribution in [0, 0.1) is 5.92 Å². The largest absolute Gasteiger partial charge is 0.339 e. The number of carbonyl (C=O) groups excluding carboxylic acids is 1. The van der Waals surface area contributed by atoms with Crippen molar-refractivity contribution >= 4 is 28.2 Å². The summed E-state index contributed by atoms with van der Waals surface area (Å²) >= 11 is 0. The number of nitrogens with zero attached hydrogens (tertiary/aromatic N) is 1. The molecule has 0 spiro atoms. The maximum Gasteiger partial charge on any atom is 0.239 e. The number of sulfone groups is 1. The van der Waals surface area contributed by atoms with Gasteiger partial charge in [0.25, 0.3) is 0 Å². The number of nitrogens with two attached hydrogens (primary N) is 1. The molecule has 0 saturated carbocycles. The Labute approximate surface area is 103 Å². The van der Waals surface area contributed by atoms with Crippen LogP contribution in [0.3, 0.4) is 0 Å². The molecule has 2 N–H and O–H groups in total. The van der Waals surface area contributed by atoms with Crippen LogP contribution >= 0.6 is 12.4 Å². The molecule has 0 aromatic carbocycles. The van der Waals surface area contributed by atoms with Crippen molar-refractivity contribution < 1.29 is 13.2 Å². The molecule has 1 amide bonds. The number of hydrogen-bond donors (Lipinski definition) is 1. The van der Waals surface area contributed by atoms with Crippen LogP contribution < -0.4 is 5.73 Å². The van der Waals surface area contributed by atoms with Crippen LogP contribution in [0.4, 0.5) is 0 Å². The Kier molecular flexibility index (Phi) is 5.72. The summed E-state index contributed by atoms with van der Waals surface area (Å²) in [6, 6.07) is -0.522. The summed E-state index contributed by atoms with van der Waals surface area (Å²) < 4.78 is 22.3. The zero-order valence-corrected chi connectivity index (χ0v) is 11.2. The van der Waals surface area contributed by atoms with Crippen molar-refractivity contribution in [3.63, 3.8) is 0 Å². The van der Waals surface area contributed by atoms with Gasteiger partial charge in [-0.25, -0.2) is 8.42 Å². The fourth-order valence-electron chi connectivity index (χ4n) is 1.43. The van der Waals surface area contributed by atoms with Crippen molar-refractivity contribution in [1.82, 2.24) is 4.90 Å². The fourth-order valence-corrected chi connectivity index (χ4v) is 2.63. The molecule has 1 atom stereocenters. The van der Waals surface area contributed by atoms with Gasteiger partial charge >= 0.3 is 0 Å². The first-order valence-electron chi connectivity index (χ1n) is 5.08. The summed E-state index contributed by atoms with van der Waals surface area (Å²) in [5.74, 6) is 0.0588. The predicted molar refractivity (Wildman–Crippen MR) is 65.3 cm³/mol. The summed E-state index contributed by atoms with van der Waals surface area (Å²) in [6.07, 6.45) is 0. The van der Waals surface area contributed by atoms with Gasteiger partial charge < -0.3 is 10.6 Å². The van der Waals surface area contributed by atoms with E-state index < -0.39 is 15.9 Å². The highest BCUT2D eigenvalue weighted by Gasteiger charge is 2.29. The molecule has 5 nitrogen and oxygen atoms in total. The lowest BCUT2D eigenvalue weighted by Crippen LogP contribution is -2.51. The van der Waals surface area contributed by atoms with Gasteiger partial charge in [-0.3, -0.25) is 4.79 Å². The fraction of sp³-hybridized carbons (Fsp3) is 0.889. The summed E-state index contributed by atoms with van der Waals surface area (Å²) in [5.41, 5.74) is 5.72. The van der Waals surface area contributed by atoms with E-state index >= 15 is 0 Å². The van der Waals surface area contributed by atoms with Crippen molar-refractivity contribution in [2.75, 3.05) is 24.6 Å². The lowest BCUT2D eigenvalue weighted by atomic mass is 10.0. The third kappa shape index (κ3) is 3.92. The van der Waals surface area contributed by atoms with E-state index in [1.54, 1.807) is 4.90 Å². The van der Waals surface area contributed by atoms with E-state index in [-0.39, 0.29) is 48.8 Å². The van der Waals surface area contributed by atoms with E-state index in [2.05, 4.69) is 0 Å². The molecule has 96 valence electrons. The number of amides is 1. The molecule has 16 heavy (non-hydrogen) atoms. The van der Waals surface area contributed by atoms with Crippen molar-refractivity contribution in [2.24, 2.45) is 11.7 Å². The molecule has 0 aromatic heterocycles. The molecular weight excluding hydrogens is 252 g/mol. The lowest BCUT2D eigenvalue weighted by molar-refractivity contribution is -0.133. The Morgan fingerprint density at radius 3 is 2.06 bits per heavy atom. The first-order valence-corrected chi connectivity index (χ1v) is 6.90. The van der Waals surface area contributed by atoms with Gasteiger partial charge in [0.15, 0.2) is 9.84 Å². The van der Waals surface area contributed by atoms with Gasteiger partial charge in [0, 0.05) is 13.1 Å². The quantitative estimate of drug-likeness (QED) is 0.744. The molecule has 1 heterocycles. The first-order chi connectivity index (χ1) is 6.83. The molecule has 0 unspecified atom stereocenters. The summed E-state index contributed by atoms with van der Waals surface area (Å²) in [7, 11) is -2.93. The van der Waals surface area contributed by atoms with Crippen molar-refractivity contribution in [1.29, 1.82) is 0 Å². The van der Waals surface area contributed by atoms with Crippen LogP contribution in [0.1, 0.15) is 13.8 Å². The van der Waals surface area contributed by atoms with E-state index in [4.69, 9.17) is 5.73 Å². The minimum absolute atomic E-state index is 0. The molecule has 0 radical (unpaired) electrons. The smallest absolute Gasteiger partial charge is 0.239 e. The zero-order valence-electron chi connectivity index (χ0n) is 9.55. The van der Waals surface area contributed by atoms with Gasteiger partial charge in [-0.05, 0) is 5.92 Å². The van der Waals surface area contributed by atoms with Gasteiger partial charge in [0.2, 0.25) is 5.91 Å². The molecule has 7 heteroatoms. The number of carbonyl (C=O) groups is 1. The zero-order chi connectivity index (χ0) is 11.6. The van der Waals surface area contributed by atoms with Crippen molar-refractivity contribution in [3.8, 4) is 0 Å². The Morgan fingerprint density at radius 1 is 1.25 bits per heavy atom. The summed E-state index contributed by atoms with van der Waals surface area (Å²) in [5, 5.41) is 0. The molecule has 1 rings (SSSR count). The van der Waals surface area contributed by atoms with Crippen LogP contribution in [0.15, 0.2) is 0 Å². The monoisotopic (exact) mass is 270 g/mol. The van der Waals surface area contributed by atoms with E-state index in [0.717, 1.165) is 0 Å². The Morgan fingerprint density at radius 2 is 1.69 bits per heavy atom. The number of rotatable bonds is 2. The van der Waals surface area contributed by atoms with E-state index in [1.807, 2.05) is 13.8 Å². The first kappa shape index (κ1) is 15.7. The van der Waals surface area contributed by atoms with Gasteiger partial charge in [-0.15, -0.1) is 12.4 Å². The average Bonchev–Trinajstić information content (AvgIpc) is 2.15.